The molecule has 0 saturated heterocycles. The van der Waals surface area contributed by atoms with Crippen LogP contribution < -0.4 is 5.32 Å². The summed E-state index contributed by atoms with van der Waals surface area (Å²) < 4.78 is 4.56. The molecule has 1 aromatic rings. The highest BCUT2D eigenvalue weighted by Gasteiger charge is 2.29. The van der Waals surface area contributed by atoms with Crippen molar-refractivity contribution in [3.05, 3.63) is 46.0 Å². The average molecular weight is 292 g/mol. The van der Waals surface area contributed by atoms with Gasteiger partial charge in [0.1, 0.15) is 5.54 Å². The van der Waals surface area contributed by atoms with Crippen molar-refractivity contribution in [2.24, 2.45) is 0 Å². The highest BCUT2D eigenvalue weighted by Crippen LogP contribution is 2.18. The number of hydrogen-bond donors (Lipinski definition) is 1. The number of benzene rings is 1. The molecular formula is C14H16N2O5. The average Bonchev–Trinajstić information content (AvgIpc) is 2.43. The van der Waals surface area contributed by atoms with Gasteiger partial charge in [0.05, 0.1) is 17.6 Å². The van der Waals surface area contributed by atoms with Gasteiger partial charge in [-0.3, -0.25) is 14.9 Å². The fraction of sp³-hybridized carbons (Fsp3) is 0.286. The number of nitro groups is 1. The molecular weight excluding hydrogens is 276 g/mol. The van der Waals surface area contributed by atoms with E-state index in [4.69, 9.17) is 0 Å². The van der Waals surface area contributed by atoms with Gasteiger partial charge in [0.15, 0.2) is 0 Å². The third kappa shape index (κ3) is 4.41. The number of carbonyl (C=O) groups is 2. The fourth-order valence-electron chi connectivity index (χ4n) is 1.62. The summed E-state index contributed by atoms with van der Waals surface area (Å²) in [5.74, 6) is -1.14. The minimum Gasteiger partial charge on any atom is -0.467 e. The standard InChI is InChI=1S/C14H16N2O5/c1-14(2,13(18)21-3)15-12(17)9-8-10-6-4-5-7-11(10)16(19)20/h4-9H,1-3H3,(H,15,17). The molecule has 0 aliphatic carbocycles. The SMILES string of the molecule is COC(=O)C(C)(C)NC(=O)C=Cc1ccccc1[N+](=O)[O-]. The molecule has 0 aliphatic rings. The molecule has 0 fully saturated rings. The number of para-hydroxylation sites is 1. The first-order valence-electron chi connectivity index (χ1n) is 6.10. The predicted molar refractivity (Wildman–Crippen MR) is 76.4 cm³/mol. The van der Waals surface area contributed by atoms with Crippen LogP contribution in [0.2, 0.25) is 0 Å². The molecule has 0 bridgehead atoms. The van der Waals surface area contributed by atoms with Crippen LogP contribution in [0.3, 0.4) is 0 Å². The summed E-state index contributed by atoms with van der Waals surface area (Å²) in [7, 11) is 1.22. The molecule has 1 amide bonds. The Hall–Kier alpha value is -2.70. The number of rotatable bonds is 5. The monoisotopic (exact) mass is 292 g/mol. The minimum absolute atomic E-state index is 0.103. The number of amides is 1. The van der Waals surface area contributed by atoms with E-state index < -0.39 is 22.3 Å². The molecule has 7 nitrogen and oxygen atoms in total. The molecule has 0 atom stereocenters. The number of carbonyl (C=O) groups excluding carboxylic acids is 2. The van der Waals surface area contributed by atoms with Crippen LogP contribution in [-0.2, 0) is 14.3 Å². The fourth-order valence-corrected chi connectivity index (χ4v) is 1.62. The third-order valence-electron chi connectivity index (χ3n) is 2.68. The molecule has 0 aromatic heterocycles. The zero-order valence-corrected chi connectivity index (χ0v) is 12.0. The Morgan fingerprint density at radius 2 is 1.95 bits per heavy atom. The maximum Gasteiger partial charge on any atom is 0.330 e. The molecule has 0 saturated carbocycles. The first-order valence-corrected chi connectivity index (χ1v) is 6.10. The van der Waals surface area contributed by atoms with Gasteiger partial charge in [-0.1, -0.05) is 12.1 Å². The lowest BCUT2D eigenvalue weighted by atomic mass is 10.1. The Balaban J connectivity index is 2.85. The smallest absolute Gasteiger partial charge is 0.330 e. The lowest BCUT2D eigenvalue weighted by molar-refractivity contribution is -0.385. The lowest BCUT2D eigenvalue weighted by Crippen LogP contribution is -2.49. The van der Waals surface area contributed by atoms with Gasteiger partial charge in [-0.2, -0.15) is 0 Å². The van der Waals surface area contributed by atoms with Crippen LogP contribution in [0.25, 0.3) is 6.08 Å². The Bertz CT molecular complexity index is 593. The van der Waals surface area contributed by atoms with Crippen LogP contribution in [0.15, 0.2) is 30.3 Å². The number of nitrogens with zero attached hydrogens (tertiary/aromatic N) is 1. The Kier molecular flexibility index (Phi) is 5.18. The Morgan fingerprint density at radius 1 is 1.33 bits per heavy atom. The predicted octanol–water partition coefficient (Wildman–Crippen LogP) is 1.68. The van der Waals surface area contributed by atoms with Crippen LogP contribution in [0.5, 0.6) is 0 Å². The topological polar surface area (TPSA) is 98.5 Å². The van der Waals surface area contributed by atoms with Crippen molar-refractivity contribution in [2.45, 2.75) is 19.4 Å². The van der Waals surface area contributed by atoms with E-state index in [0.29, 0.717) is 5.56 Å². The maximum absolute atomic E-state index is 11.8. The van der Waals surface area contributed by atoms with Gasteiger partial charge in [0, 0.05) is 12.1 Å². The number of esters is 1. The lowest BCUT2D eigenvalue weighted by Gasteiger charge is -2.22. The zero-order chi connectivity index (χ0) is 16.0. The van der Waals surface area contributed by atoms with E-state index >= 15 is 0 Å². The Labute approximate surface area is 121 Å². The molecule has 0 aliphatic heterocycles. The highest BCUT2D eigenvalue weighted by molar-refractivity contribution is 5.96. The van der Waals surface area contributed by atoms with E-state index in [1.165, 1.54) is 45.2 Å². The second-order valence-electron chi connectivity index (χ2n) is 4.76. The molecule has 0 spiro atoms. The summed E-state index contributed by atoms with van der Waals surface area (Å²) in [5, 5.41) is 13.3. The van der Waals surface area contributed by atoms with Crippen LogP contribution >= 0.6 is 0 Å². The van der Waals surface area contributed by atoms with Crippen LogP contribution in [0, 0.1) is 10.1 Å². The van der Waals surface area contributed by atoms with Crippen molar-refractivity contribution >= 4 is 23.6 Å². The molecule has 0 heterocycles. The molecule has 112 valence electrons. The summed E-state index contributed by atoms with van der Waals surface area (Å²) >= 11 is 0. The number of ether oxygens (including phenoxy) is 1. The number of nitrogens with one attached hydrogen (secondary N) is 1. The van der Waals surface area contributed by atoms with Gasteiger partial charge in [-0.15, -0.1) is 0 Å². The van der Waals surface area contributed by atoms with E-state index in [1.54, 1.807) is 6.07 Å². The minimum atomic E-state index is -1.18. The molecule has 7 heteroatoms. The first-order chi connectivity index (χ1) is 9.77. The van der Waals surface area contributed by atoms with E-state index in [0.717, 1.165) is 6.08 Å². The van der Waals surface area contributed by atoms with Crippen LogP contribution in [-0.4, -0.2) is 29.4 Å². The molecule has 21 heavy (non-hydrogen) atoms. The summed E-state index contributed by atoms with van der Waals surface area (Å²) in [6.45, 7) is 2.99. The van der Waals surface area contributed by atoms with Crippen molar-refractivity contribution in [2.75, 3.05) is 7.11 Å². The third-order valence-corrected chi connectivity index (χ3v) is 2.68. The molecule has 0 radical (unpaired) electrons. The second-order valence-corrected chi connectivity index (χ2v) is 4.76. The number of hydrogen-bond acceptors (Lipinski definition) is 5. The summed E-state index contributed by atoms with van der Waals surface area (Å²) in [5.41, 5.74) is -0.985. The van der Waals surface area contributed by atoms with Crippen molar-refractivity contribution in [1.82, 2.24) is 5.32 Å². The van der Waals surface area contributed by atoms with E-state index in [9.17, 15) is 19.7 Å². The number of nitro benzene ring substituents is 1. The largest absolute Gasteiger partial charge is 0.467 e. The van der Waals surface area contributed by atoms with Gasteiger partial charge >= 0.3 is 5.97 Å². The zero-order valence-electron chi connectivity index (χ0n) is 12.0. The van der Waals surface area contributed by atoms with Crippen molar-refractivity contribution in [3.8, 4) is 0 Å². The van der Waals surface area contributed by atoms with Crippen molar-refractivity contribution in [3.63, 3.8) is 0 Å². The summed E-state index contributed by atoms with van der Waals surface area (Å²) in [4.78, 5) is 33.5. The summed E-state index contributed by atoms with van der Waals surface area (Å²) in [6, 6.07) is 6.03. The van der Waals surface area contributed by atoms with Gasteiger partial charge in [0.25, 0.3) is 5.69 Å². The van der Waals surface area contributed by atoms with E-state index in [1.807, 2.05) is 0 Å². The van der Waals surface area contributed by atoms with Crippen molar-refractivity contribution in [1.29, 1.82) is 0 Å². The molecule has 0 unspecified atom stereocenters. The van der Waals surface area contributed by atoms with Gasteiger partial charge < -0.3 is 10.1 Å². The van der Waals surface area contributed by atoms with E-state index in [2.05, 4.69) is 10.1 Å². The van der Waals surface area contributed by atoms with Crippen molar-refractivity contribution < 1.29 is 19.2 Å². The highest BCUT2D eigenvalue weighted by atomic mass is 16.6. The van der Waals surface area contributed by atoms with Crippen LogP contribution in [0.1, 0.15) is 19.4 Å². The second kappa shape index (κ2) is 6.65. The quantitative estimate of drug-likeness (QED) is 0.385. The molecule has 1 rings (SSSR count). The summed E-state index contributed by atoms with van der Waals surface area (Å²) in [6.07, 6.45) is 2.45. The van der Waals surface area contributed by atoms with Crippen LogP contribution in [0.4, 0.5) is 5.69 Å². The molecule has 1 N–H and O–H groups in total. The first kappa shape index (κ1) is 16.4. The maximum atomic E-state index is 11.8. The Morgan fingerprint density at radius 3 is 2.52 bits per heavy atom. The normalized spacial score (nSPS) is 11.2. The number of methoxy groups -OCH3 is 1. The molecule has 1 aromatic carbocycles. The van der Waals surface area contributed by atoms with Gasteiger partial charge in [-0.25, -0.2) is 4.79 Å². The van der Waals surface area contributed by atoms with Gasteiger partial charge in [-0.05, 0) is 26.0 Å². The van der Waals surface area contributed by atoms with E-state index in [-0.39, 0.29) is 5.69 Å². The van der Waals surface area contributed by atoms with Gasteiger partial charge in [0.2, 0.25) is 5.91 Å².